The highest BCUT2D eigenvalue weighted by Crippen LogP contribution is 2.44. The van der Waals surface area contributed by atoms with Gasteiger partial charge in [-0.05, 0) is 48.6 Å². The van der Waals surface area contributed by atoms with Gasteiger partial charge >= 0.3 is 0 Å². The molecule has 2 saturated carbocycles. The maximum atomic E-state index is 12.1. The number of nitrogens with one attached hydrogen (secondary N) is 1. The highest BCUT2D eigenvalue weighted by molar-refractivity contribution is 5.79. The minimum Gasteiger partial charge on any atom is -0.353 e. The maximum Gasteiger partial charge on any atom is 0.224 e. The zero-order valence-electron chi connectivity index (χ0n) is 11.3. The predicted octanol–water partition coefficient (Wildman–Crippen LogP) is 1.99. The Labute approximate surface area is 114 Å². The van der Waals surface area contributed by atoms with Crippen molar-refractivity contribution in [3.05, 3.63) is 35.4 Å². The maximum absolute atomic E-state index is 12.1. The predicted molar refractivity (Wildman–Crippen MR) is 75.4 cm³/mol. The Hall–Kier alpha value is -1.35. The van der Waals surface area contributed by atoms with Gasteiger partial charge in [-0.2, -0.15) is 0 Å². The summed E-state index contributed by atoms with van der Waals surface area (Å²) < 4.78 is 0. The van der Waals surface area contributed by atoms with Gasteiger partial charge in [-0.1, -0.05) is 24.3 Å². The Morgan fingerprint density at radius 3 is 2.11 bits per heavy atom. The van der Waals surface area contributed by atoms with Crippen LogP contribution in [0.3, 0.4) is 0 Å². The van der Waals surface area contributed by atoms with E-state index in [1.807, 2.05) is 24.3 Å². The second-order valence-electron chi connectivity index (χ2n) is 5.97. The van der Waals surface area contributed by atoms with Crippen LogP contribution in [0.2, 0.25) is 0 Å². The molecule has 1 amide bonds. The van der Waals surface area contributed by atoms with Crippen LogP contribution in [0.1, 0.15) is 36.8 Å². The summed E-state index contributed by atoms with van der Waals surface area (Å²) >= 11 is 0. The third kappa shape index (κ3) is 3.35. The molecule has 19 heavy (non-hydrogen) atoms. The summed E-state index contributed by atoms with van der Waals surface area (Å²) in [5.41, 5.74) is 7.75. The number of rotatable bonds is 6. The molecule has 2 aliphatic rings. The van der Waals surface area contributed by atoms with E-state index in [1.54, 1.807) is 0 Å². The molecule has 0 aliphatic heterocycles. The molecule has 3 rings (SSSR count). The number of carbonyl (C=O) groups excluding carboxylic acids is 1. The third-order valence-corrected chi connectivity index (χ3v) is 4.21. The zero-order valence-corrected chi connectivity index (χ0v) is 11.3. The molecule has 0 aromatic heterocycles. The minimum absolute atomic E-state index is 0.171. The Bertz CT molecular complexity index is 434. The summed E-state index contributed by atoms with van der Waals surface area (Å²) in [6.45, 7) is 0.553. The smallest absolute Gasteiger partial charge is 0.224 e. The van der Waals surface area contributed by atoms with Crippen molar-refractivity contribution in [2.75, 3.05) is 0 Å². The lowest BCUT2D eigenvalue weighted by molar-refractivity contribution is -0.121. The molecule has 1 aromatic carbocycles. The standard InChI is InChI=1S/C16H22N2O/c17-10-12-3-1-11(2-4-12)9-15(19)18-16(13-5-6-13)14-7-8-14/h1-4,13-14,16H,5-10,17H2,(H,18,19). The molecule has 3 heteroatoms. The molecule has 1 aromatic rings. The van der Waals surface area contributed by atoms with Gasteiger partial charge in [0.05, 0.1) is 6.42 Å². The largest absolute Gasteiger partial charge is 0.353 e. The lowest BCUT2D eigenvalue weighted by atomic mass is 10.1. The molecular weight excluding hydrogens is 236 g/mol. The molecule has 2 fully saturated rings. The van der Waals surface area contributed by atoms with E-state index in [4.69, 9.17) is 5.73 Å². The molecule has 0 atom stereocenters. The minimum atomic E-state index is 0.171. The Balaban J connectivity index is 1.54. The second kappa shape index (κ2) is 5.33. The van der Waals surface area contributed by atoms with Crippen molar-refractivity contribution in [1.29, 1.82) is 0 Å². The van der Waals surface area contributed by atoms with Gasteiger partial charge in [0.15, 0.2) is 0 Å². The van der Waals surface area contributed by atoms with E-state index < -0.39 is 0 Å². The van der Waals surface area contributed by atoms with E-state index in [1.165, 1.54) is 25.7 Å². The molecule has 0 bridgehead atoms. The van der Waals surface area contributed by atoms with Gasteiger partial charge < -0.3 is 11.1 Å². The fraction of sp³-hybridized carbons (Fsp3) is 0.562. The van der Waals surface area contributed by atoms with Gasteiger partial charge in [-0.3, -0.25) is 4.79 Å². The van der Waals surface area contributed by atoms with Crippen molar-refractivity contribution in [3.63, 3.8) is 0 Å². The van der Waals surface area contributed by atoms with Crippen LogP contribution in [0.5, 0.6) is 0 Å². The zero-order chi connectivity index (χ0) is 13.2. The van der Waals surface area contributed by atoms with Gasteiger partial charge in [-0.25, -0.2) is 0 Å². The molecule has 0 saturated heterocycles. The Morgan fingerprint density at radius 1 is 1.11 bits per heavy atom. The van der Waals surface area contributed by atoms with E-state index in [9.17, 15) is 4.79 Å². The van der Waals surface area contributed by atoms with Crippen molar-refractivity contribution in [1.82, 2.24) is 5.32 Å². The van der Waals surface area contributed by atoms with Crippen LogP contribution >= 0.6 is 0 Å². The van der Waals surface area contributed by atoms with Crippen molar-refractivity contribution in [2.45, 2.75) is 44.7 Å². The van der Waals surface area contributed by atoms with Crippen LogP contribution < -0.4 is 11.1 Å². The normalized spacial score (nSPS) is 18.6. The van der Waals surface area contributed by atoms with E-state index in [-0.39, 0.29) is 5.91 Å². The topological polar surface area (TPSA) is 55.1 Å². The van der Waals surface area contributed by atoms with Crippen LogP contribution in [0.4, 0.5) is 0 Å². The van der Waals surface area contributed by atoms with E-state index in [0.29, 0.717) is 19.0 Å². The average Bonchev–Trinajstić information content (AvgIpc) is 3.30. The summed E-state index contributed by atoms with van der Waals surface area (Å²) in [7, 11) is 0. The summed E-state index contributed by atoms with van der Waals surface area (Å²) in [5, 5.41) is 3.25. The molecular formula is C16H22N2O. The molecule has 3 N–H and O–H groups in total. The van der Waals surface area contributed by atoms with Gasteiger partial charge in [0, 0.05) is 12.6 Å². The fourth-order valence-electron chi connectivity index (χ4n) is 2.75. The van der Waals surface area contributed by atoms with Crippen LogP contribution in [-0.4, -0.2) is 11.9 Å². The second-order valence-corrected chi connectivity index (χ2v) is 5.97. The van der Waals surface area contributed by atoms with Crippen molar-refractivity contribution in [3.8, 4) is 0 Å². The summed E-state index contributed by atoms with van der Waals surface area (Å²) in [5.74, 6) is 1.69. The monoisotopic (exact) mass is 258 g/mol. The van der Waals surface area contributed by atoms with Crippen molar-refractivity contribution < 1.29 is 4.79 Å². The Morgan fingerprint density at radius 2 is 1.63 bits per heavy atom. The third-order valence-electron chi connectivity index (χ3n) is 4.21. The number of amides is 1. The fourth-order valence-corrected chi connectivity index (χ4v) is 2.75. The van der Waals surface area contributed by atoms with Gasteiger partial charge in [-0.15, -0.1) is 0 Å². The number of carbonyl (C=O) groups is 1. The van der Waals surface area contributed by atoms with E-state index in [0.717, 1.165) is 23.0 Å². The highest BCUT2D eigenvalue weighted by Gasteiger charge is 2.42. The van der Waals surface area contributed by atoms with E-state index >= 15 is 0 Å². The van der Waals surface area contributed by atoms with Crippen molar-refractivity contribution >= 4 is 5.91 Å². The van der Waals surface area contributed by atoms with Crippen LogP contribution in [0.15, 0.2) is 24.3 Å². The summed E-state index contributed by atoms with van der Waals surface area (Å²) in [4.78, 5) is 12.1. The van der Waals surface area contributed by atoms with Gasteiger partial charge in [0.1, 0.15) is 0 Å². The number of nitrogens with two attached hydrogens (primary N) is 1. The molecule has 0 spiro atoms. The van der Waals surface area contributed by atoms with Gasteiger partial charge in [0.25, 0.3) is 0 Å². The first-order chi connectivity index (χ1) is 9.26. The van der Waals surface area contributed by atoms with E-state index in [2.05, 4.69) is 5.32 Å². The molecule has 2 aliphatic carbocycles. The highest BCUT2D eigenvalue weighted by atomic mass is 16.1. The molecule has 3 nitrogen and oxygen atoms in total. The first kappa shape index (κ1) is 12.7. The molecule has 102 valence electrons. The molecule has 0 radical (unpaired) electrons. The quantitative estimate of drug-likeness (QED) is 0.820. The molecule has 0 heterocycles. The van der Waals surface area contributed by atoms with Crippen molar-refractivity contribution in [2.24, 2.45) is 17.6 Å². The molecule has 0 unspecified atom stereocenters. The first-order valence-electron chi connectivity index (χ1n) is 7.33. The number of hydrogen-bond donors (Lipinski definition) is 2. The average molecular weight is 258 g/mol. The lowest BCUT2D eigenvalue weighted by Gasteiger charge is -2.17. The van der Waals surface area contributed by atoms with Crippen LogP contribution in [-0.2, 0) is 17.8 Å². The van der Waals surface area contributed by atoms with Crippen LogP contribution in [0, 0.1) is 11.8 Å². The SMILES string of the molecule is NCc1ccc(CC(=O)NC(C2CC2)C2CC2)cc1. The summed E-state index contributed by atoms with van der Waals surface area (Å²) in [6, 6.07) is 8.47. The lowest BCUT2D eigenvalue weighted by Crippen LogP contribution is -2.38. The summed E-state index contributed by atoms with van der Waals surface area (Å²) in [6.07, 6.45) is 5.68. The van der Waals surface area contributed by atoms with Gasteiger partial charge in [0.2, 0.25) is 5.91 Å². The first-order valence-corrected chi connectivity index (χ1v) is 7.33. The Kier molecular flexibility index (Phi) is 3.56. The number of hydrogen-bond acceptors (Lipinski definition) is 2. The van der Waals surface area contributed by atoms with Crippen LogP contribution in [0.25, 0.3) is 0 Å². The number of benzene rings is 1.